The maximum atomic E-state index is 6.11. The number of hydrogen-bond acceptors (Lipinski definition) is 1. The Bertz CT molecular complexity index is 128. The van der Waals surface area contributed by atoms with E-state index in [0.717, 1.165) is 5.54 Å². The first-order valence-electron chi connectivity index (χ1n) is 6.48. The molecule has 0 aliphatic heterocycles. The van der Waals surface area contributed by atoms with Gasteiger partial charge in [0.05, 0.1) is 0 Å². The molecule has 0 N–H and O–H groups in total. The third kappa shape index (κ3) is 4.60. The fourth-order valence-electron chi connectivity index (χ4n) is 2.35. The lowest BCUT2D eigenvalue weighted by Gasteiger charge is -2.23. The third-order valence-corrected chi connectivity index (χ3v) is 5.31. The summed E-state index contributed by atoms with van der Waals surface area (Å²) in [6.45, 7) is 4.52. The highest BCUT2D eigenvalue weighted by atomic mass is 28.2. The second-order valence-corrected chi connectivity index (χ2v) is 6.48. The fraction of sp³-hybridized carbons (Fsp3) is 1.00. The first-order valence-corrected chi connectivity index (χ1v) is 7.87. The van der Waals surface area contributed by atoms with Crippen molar-refractivity contribution in [3.63, 3.8) is 0 Å². The molecule has 0 heterocycles. The quantitative estimate of drug-likeness (QED) is 0.616. The zero-order chi connectivity index (χ0) is 10.2. The lowest BCUT2D eigenvalue weighted by atomic mass is 10.0. The van der Waals surface area contributed by atoms with Crippen LogP contribution >= 0.6 is 0 Å². The molecule has 1 unspecified atom stereocenters. The van der Waals surface area contributed by atoms with E-state index in [-0.39, 0.29) is 9.76 Å². The van der Waals surface area contributed by atoms with E-state index in [4.69, 9.17) is 4.43 Å². The van der Waals surface area contributed by atoms with Crippen LogP contribution in [0.15, 0.2) is 0 Å². The van der Waals surface area contributed by atoms with Gasteiger partial charge in [0.15, 0.2) is 9.76 Å². The van der Waals surface area contributed by atoms with Gasteiger partial charge in [0.1, 0.15) is 0 Å². The smallest absolute Gasteiger partial charge is 0.165 e. The second kappa shape index (κ2) is 7.47. The van der Waals surface area contributed by atoms with Crippen molar-refractivity contribution >= 4 is 9.76 Å². The van der Waals surface area contributed by atoms with Crippen molar-refractivity contribution in [1.29, 1.82) is 0 Å². The van der Waals surface area contributed by atoms with Gasteiger partial charge < -0.3 is 4.43 Å². The fourth-order valence-corrected chi connectivity index (χ4v) is 4.21. The van der Waals surface area contributed by atoms with Crippen LogP contribution in [0, 0.1) is 0 Å². The Kier molecular flexibility index (Phi) is 6.53. The summed E-state index contributed by atoms with van der Waals surface area (Å²) >= 11 is 0. The van der Waals surface area contributed by atoms with Crippen LogP contribution < -0.4 is 0 Å². The predicted octanol–water partition coefficient (Wildman–Crippen LogP) is 3.42. The van der Waals surface area contributed by atoms with Gasteiger partial charge in [-0.05, 0) is 18.4 Å². The summed E-state index contributed by atoms with van der Waals surface area (Å²) in [5.41, 5.74) is 1.01. The average Bonchev–Trinajstić information content (AvgIpc) is 2.25. The van der Waals surface area contributed by atoms with E-state index in [1.54, 1.807) is 0 Å². The van der Waals surface area contributed by atoms with E-state index >= 15 is 0 Å². The molecule has 0 spiro atoms. The molecular formula is C12H26OSi. The Labute approximate surface area is 91.6 Å². The van der Waals surface area contributed by atoms with Gasteiger partial charge in [-0.25, -0.2) is 0 Å². The van der Waals surface area contributed by atoms with Gasteiger partial charge in [0.2, 0.25) is 0 Å². The Hall–Kier alpha value is 0.177. The molecule has 0 aromatic rings. The Morgan fingerprint density at radius 1 is 1.21 bits per heavy atom. The molecule has 1 atom stereocenters. The van der Waals surface area contributed by atoms with Gasteiger partial charge in [-0.3, -0.25) is 0 Å². The Morgan fingerprint density at radius 2 is 1.93 bits per heavy atom. The maximum Gasteiger partial charge on any atom is 0.165 e. The van der Waals surface area contributed by atoms with E-state index in [0.29, 0.717) is 6.10 Å². The molecule has 1 aliphatic rings. The molecular weight excluding hydrogens is 188 g/mol. The molecule has 0 aromatic carbocycles. The van der Waals surface area contributed by atoms with Gasteiger partial charge in [0.25, 0.3) is 0 Å². The molecule has 1 fully saturated rings. The Morgan fingerprint density at radius 3 is 2.50 bits per heavy atom. The van der Waals surface area contributed by atoms with E-state index in [2.05, 4.69) is 13.8 Å². The highest BCUT2D eigenvalue weighted by molar-refractivity contribution is 6.29. The predicted molar refractivity (Wildman–Crippen MR) is 65.5 cm³/mol. The molecule has 0 amide bonds. The molecule has 0 bridgehead atoms. The van der Waals surface area contributed by atoms with Crippen molar-refractivity contribution in [3.8, 4) is 0 Å². The lowest BCUT2D eigenvalue weighted by molar-refractivity contribution is 0.188. The topological polar surface area (TPSA) is 9.23 Å². The zero-order valence-electron chi connectivity index (χ0n) is 9.93. The van der Waals surface area contributed by atoms with Crippen LogP contribution in [0.4, 0.5) is 0 Å². The van der Waals surface area contributed by atoms with E-state index in [1.807, 2.05) is 0 Å². The molecule has 1 nitrogen and oxygen atoms in total. The van der Waals surface area contributed by atoms with Crippen LogP contribution in [0.3, 0.4) is 0 Å². The van der Waals surface area contributed by atoms with Gasteiger partial charge in [-0.1, -0.05) is 52.4 Å². The lowest BCUT2D eigenvalue weighted by Crippen LogP contribution is -2.19. The van der Waals surface area contributed by atoms with Crippen molar-refractivity contribution in [2.45, 2.75) is 76.9 Å². The molecule has 1 saturated carbocycles. The van der Waals surface area contributed by atoms with Crippen molar-refractivity contribution in [1.82, 2.24) is 0 Å². The minimum Gasteiger partial charge on any atom is -0.421 e. The minimum absolute atomic E-state index is 0.213. The summed E-state index contributed by atoms with van der Waals surface area (Å²) in [7, 11) is -0.213. The van der Waals surface area contributed by atoms with Crippen molar-refractivity contribution in [3.05, 3.63) is 0 Å². The number of hydrogen-bond donors (Lipinski definition) is 0. The molecule has 0 radical (unpaired) electrons. The normalized spacial score (nSPS) is 21.9. The molecule has 1 aliphatic carbocycles. The standard InChI is InChI=1S/C12H26OSi/c1-3-8-11(4-2)13-14-12-9-6-5-7-10-12/h11-12H,3-10,14H2,1-2H3. The molecule has 0 aromatic heterocycles. The first-order chi connectivity index (χ1) is 6.86. The van der Waals surface area contributed by atoms with Crippen LogP contribution in [-0.4, -0.2) is 15.9 Å². The van der Waals surface area contributed by atoms with Crippen molar-refractivity contribution < 1.29 is 4.43 Å². The third-order valence-electron chi connectivity index (χ3n) is 3.36. The van der Waals surface area contributed by atoms with Gasteiger partial charge in [-0.2, -0.15) is 0 Å². The number of rotatable bonds is 6. The monoisotopic (exact) mass is 214 g/mol. The van der Waals surface area contributed by atoms with Gasteiger partial charge in [-0.15, -0.1) is 0 Å². The summed E-state index contributed by atoms with van der Waals surface area (Å²) in [6, 6.07) is 0. The summed E-state index contributed by atoms with van der Waals surface area (Å²) < 4.78 is 6.11. The minimum atomic E-state index is -0.213. The van der Waals surface area contributed by atoms with Crippen LogP contribution in [0.1, 0.15) is 65.2 Å². The van der Waals surface area contributed by atoms with Crippen LogP contribution in [-0.2, 0) is 4.43 Å². The molecule has 84 valence electrons. The van der Waals surface area contributed by atoms with Crippen LogP contribution in [0.25, 0.3) is 0 Å². The summed E-state index contributed by atoms with van der Waals surface area (Å²) in [5.74, 6) is 0. The SMILES string of the molecule is CCCC(CC)O[SiH2]C1CCCCC1. The first kappa shape index (κ1) is 12.2. The van der Waals surface area contributed by atoms with Gasteiger partial charge >= 0.3 is 0 Å². The molecule has 0 saturated heterocycles. The summed E-state index contributed by atoms with van der Waals surface area (Å²) in [4.78, 5) is 0. The molecule has 14 heavy (non-hydrogen) atoms. The highest BCUT2D eigenvalue weighted by Gasteiger charge is 2.16. The van der Waals surface area contributed by atoms with E-state index in [1.165, 1.54) is 51.4 Å². The van der Waals surface area contributed by atoms with Crippen LogP contribution in [0.2, 0.25) is 5.54 Å². The zero-order valence-corrected chi connectivity index (χ0v) is 11.3. The molecule has 1 rings (SSSR count). The summed E-state index contributed by atoms with van der Waals surface area (Å²) in [6.07, 6.45) is 11.7. The molecule has 2 heteroatoms. The highest BCUT2D eigenvalue weighted by Crippen LogP contribution is 2.28. The largest absolute Gasteiger partial charge is 0.421 e. The Balaban J connectivity index is 2.10. The van der Waals surface area contributed by atoms with Gasteiger partial charge in [0, 0.05) is 6.10 Å². The van der Waals surface area contributed by atoms with Crippen LogP contribution in [0.5, 0.6) is 0 Å². The van der Waals surface area contributed by atoms with Crippen molar-refractivity contribution in [2.75, 3.05) is 0 Å². The summed E-state index contributed by atoms with van der Waals surface area (Å²) in [5, 5.41) is 0. The van der Waals surface area contributed by atoms with E-state index in [9.17, 15) is 0 Å². The van der Waals surface area contributed by atoms with Crippen molar-refractivity contribution in [2.24, 2.45) is 0 Å². The maximum absolute atomic E-state index is 6.11. The average molecular weight is 214 g/mol. The van der Waals surface area contributed by atoms with E-state index < -0.39 is 0 Å². The second-order valence-electron chi connectivity index (χ2n) is 4.66.